The highest BCUT2D eigenvalue weighted by molar-refractivity contribution is 8.00. The average Bonchev–Trinajstić information content (AvgIpc) is 2.99. The Morgan fingerprint density at radius 2 is 1.72 bits per heavy atom. The van der Waals surface area contributed by atoms with Crippen molar-refractivity contribution in [3.63, 3.8) is 0 Å². The molecular weight excluding hydrogens is 435 g/mol. The van der Waals surface area contributed by atoms with E-state index in [1.165, 1.54) is 46.4 Å². The van der Waals surface area contributed by atoms with Gasteiger partial charge in [-0.1, -0.05) is 24.4 Å². The van der Waals surface area contributed by atoms with Crippen LogP contribution in [0.3, 0.4) is 0 Å². The Morgan fingerprint density at radius 3 is 2.38 bits per heavy atom. The fourth-order valence-electron chi connectivity index (χ4n) is 3.06. The number of hydrogen-bond acceptors (Lipinski definition) is 4. The summed E-state index contributed by atoms with van der Waals surface area (Å²) in [6, 6.07) is 10.2. The molecule has 0 atom stereocenters. The van der Waals surface area contributed by atoms with Crippen molar-refractivity contribution >= 4 is 45.0 Å². The van der Waals surface area contributed by atoms with Gasteiger partial charge in [-0.15, -0.1) is 11.8 Å². The Morgan fingerprint density at radius 1 is 1.07 bits per heavy atom. The van der Waals surface area contributed by atoms with E-state index in [1.807, 2.05) is 0 Å². The summed E-state index contributed by atoms with van der Waals surface area (Å²) >= 11 is 7.41. The lowest BCUT2D eigenvalue weighted by Gasteiger charge is -2.20. The zero-order valence-electron chi connectivity index (χ0n) is 15.7. The monoisotopic (exact) mass is 456 g/mol. The first kappa shape index (κ1) is 22.1. The summed E-state index contributed by atoms with van der Waals surface area (Å²) in [4.78, 5) is 13.2. The van der Waals surface area contributed by atoms with E-state index in [-0.39, 0.29) is 33.1 Å². The quantitative estimate of drug-likeness (QED) is 0.635. The van der Waals surface area contributed by atoms with E-state index in [1.54, 1.807) is 12.1 Å². The lowest BCUT2D eigenvalue weighted by molar-refractivity contribution is -0.113. The highest BCUT2D eigenvalue weighted by Crippen LogP contribution is 2.28. The summed E-state index contributed by atoms with van der Waals surface area (Å²) in [5, 5.41) is 2.93. The Bertz CT molecular complexity index is 960. The van der Waals surface area contributed by atoms with Gasteiger partial charge in [0.25, 0.3) is 0 Å². The molecule has 2 aromatic rings. The molecule has 1 aliphatic heterocycles. The number of carbonyl (C=O) groups excluding carboxylic acids is 1. The predicted octanol–water partition coefficient (Wildman–Crippen LogP) is 4.77. The maximum atomic E-state index is 13.0. The van der Waals surface area contributed by atoms with Gasteiger partial charge in [-0.05, 0) is 55.3 Å². The molecule has 9 heteroatoms. The van der Waals surface area contributed by atoms with Crippen molar-refractivity contribution < 1.29 is 17.6 Å². The molecular formula is C20H22ClFN2O3S2. The largest absolute Gasteiger partial charge is 0.324 e. The van der Waals surface area contributed by atoms with Crippen molar-refractivity contribution in [2.75, 3.05) is 24.2 Å². The first-order valence-corrected chi connectivity index (χ1v) is 12.1. The minimum absolute atomic E-state index is 0.0884. The summed E-state index contributed by atoms with van der Waals surface area (Å²) in [6.07, 6.45) is 3.74. The summed E-state index contributed by atoms with van der Waals surface area (Å²) in [5.74, 6) is -0.580. The number of nitrogens with zero attached hydrogens (tertiary/aromatic N) is 1. The minimum atomic E-state index is -3.64. The Labute approximate surface area is 179 Å². The van der Waals surface area contributed by atoms with Crippen LogP contribution < -0.4 is 5.32 Å². The van der Waals surface area contributed by atoms with Gasteiger partial charge in [-0.3, -0.25) is 4.79 Å². The molecule has 3 rings (SSSR count). The summed E-state index contributed by atoms with van der Waals surface area (Å²) in [7, 11) is -3.64. The van der Waals surface area contributed by atoms with Crippen molar-refractivity contribution in [2.24, 2.45) is 0 Å². The van der Waals surface area contributed by atoms with Crippen LogP contribution >= 0.6 is 23.4 Å². The normalized spacial score (nSPS) is 15.7. The molecule has 1 saturated heterocycles. The van der Waals surface area contributed by atoms with Crippen LogP contribution in [0.4, 0.5) is 10.1 Å². The first-order chi connectivity index (χ1) is 13.9. The van der Waals surface area contributed by atoms with Gasteiger partial charge in [0, 0.05) is 18.0 Å². The molecule has 2 aromatic carbocycles. The SMILES string of the molecule is O=C(CSc1ccc(F)cc1)Nc1cc(S(=O)(=O)N2CCCCCC2)ccc1Cl. The summed E-state index contributed by atoms with van der Waals surface area (Å²) in [5.41, 5.74) is 0.257. The Hall–Kier alpha value is -1.61. The number of rotatable bonds is 6. The van der Waals surface area contributed by atoms with Gasteiger partial charge in [0.2, 0.25) is 15.9 Å². The van der Waals surface area contributed by atoms with E-state index in [9.17, 15) is 17.6 Å². The van der Waals surface area contributed by atoms with Crippen molar-refractivity contribution in [1.82, 2.24) is 4.31 Å². The molecule has 1 amide bonds. The lowest BCUT2D eigenvalue weighted by Crippen LogP contribution is -2.32. The third-order valence-electron chi connectivity index (χ3n) is 4.60. The molecule has 0 aliphatic carbocycles. The van der Waals surface area contributed by atoms with Crippen LogP contribution in [0, 0.1) is 5.82 Å². The smallest absolute Gasteiger partial charge is 0.243 e. The van der Waals surface area contributed by atoms with E-state index < -0.39 is 10.0 Å². The number of amides is 1. The Kier molecular flexibility index (Phi) is 7.56. The van der Waals surface area contributed by atoms with E-state index in [2.05, 4.69) is 5.32 Å². The van der Waals surface area contributed by atoms with Crippen LogP contribution in [0.1, 0.15) is 25.7 Å². The number of benzene rings is 2. The van der Waals surface area contributed by atoms with Gasteiger partial charge in [-0.2, -0.15) is 4.31 Å². The fraction of sp³-hybridized carbons (Fsp3) is 0.350. The van der Waals surface area contributed by atoms with Crippen LogP contribution in [-0.4, -0.2) is 37.5 Å². The minimum Gasteiger partial charge on any atom is -0.324 e. The number of hydrogen-bond donors (Lipinski definition) is 1. The van der Waals surface area contributed by atoms with Gasteiger partial charge in [0.1, 0.15) is 5.82 Å². The highest BCUT2D eigenvalue weighted by Gasteiger charge is 2.26. The third kappa shape index (κ3) is 5.94. The molecule has 29 heavy (non-hydrogen) atoms. The van der Waals surface area contributed by atoms with E-state index in [4.69, 9.17) is 11.6 Å². The second-order valence-corrected chi connectivity index (χ2v) is 10.1. The number of halogens is 2. The van der Waals surface area contributed by atoms with Crippen molar-refractivity contribution in [3.05, 3.63) is 53.3 Å². The van der Waals surface area contributed by atoms with E-state index in [0.717, 1.165) is 30.6 Å². The maximum absolute atomic E-state index is 13.0. The van der Waals surface area contributed by atoms with Crippen LogP contribution in [0.5, 0.6) is 0 Å². The second kappa shape index (κ2) is 9.93. The number of thioether (sulfide) groups is 1. The number of nitrogens with one attached hydrogen (secondary N) is 1. The summed E-state index contributed by atoms with van der Waals surface area (Å²) in [6.45, 7) is 1.00. The van der Waals surface area contributed by atoms with Gasteiger partial charge >= 0.3 is 0 Å². The lowest BCUT2D eigenvalue weighted by atomic mass is 10.2. The van der Waals surface area contributed by atoms with Crippen LogP contribution in [0.2, 0.25) is 5.02 Å². The number of anilines is 1. The molecule has 1 N–H and O–H groups in total. The van der Waals surface area contributed by atoms with Gasteiger partial charge < -0.3 is 5.32 Å². The van der Waals surface area contributed by atoms with Gasteiger partial charge in [0.15, 0.2) is 0 Å². The molecule has 0 unspecified atom stereocenters. The molecule has 1 aliphatic rings. The topological polar surface area (TPSA) is 66.5 Å². The fourth-order valence-corrected chi connectivity index (χ4v) is 5.46. The highest BCUT2D eigenvalue weighted by atomic mass is 35.5. The van der Waals surface area contributed by atoms with Crippen LogP contribution in [0.25, 0.3) is 0 Å². The Balaban J connectivity index is 1.69. The van der Waals surface area contributed by atoms with Crippen molar-refractivity contribution in [2.45, 2.75) is 35.5 Å². The molecule has 0 aromatic heterocycles. The standard InChI is InChI=1S/C20H22ClFN2O3S2/c21-18-10-9-17(29(26,27)24-11-3-1-2-4-12-24)13-19(18)23-20(25)14-28-16-7-5-15(22)6-8-16/h5-10,13H,1-4,11-12,14H2,(H,23,25). The third-order valence-corrected chi connectivity index (χ3v) is 7.83. The predicted molar refractivity (Wildman–Crippen MR) is 114 cm³/mol. The number of carbonyl (C=O) groups is 1. The average molecular weight is 457 g/mol. The van der Waals surface area contributed by atoms with Gasteiger partial charge in [-0.25, -0.2) is 12.8 Å². The van der Waals surface area contributed by atoms with Crippen molar-refractivity contribution in [3.8, 4) is 0 Å². The molecule has 1 fully saturated rings. The van der Waals surface area contributed by atoms with Crippen LogP contribution in [0.15, 0.2) is 52.3 Å². The zero-order valence-corrected chi connectivity index (χ0v) is 18.1. The first-order valence-electron chi connectivity index (χ1n) is 9.34. The molecule has 156 valence electrons. The van der Waals surface area contributed by atoms with Crippen molar-refractivity contribution in [1.29, 1.82) is 0 Å². The molecule has 0 saturated carbocycles. The molecule has 0 spiro atoms. The van der Waals surface area contributed by atoms with Gasteiger partial charge in [0.05, 0.1) is 21.4 Å². The van der Waals surface area contributed by atoms with E-state index in [0.29, 0.717) is 13.1 Å². The molecule has 5 nitrogen and oxygen atoms in total. The zero-order chi connectivity index (χ0) is 20.9. The second-order valence-electron chi connectivity index (χ2n) is 6.75. The van der Waals surface area contributed by atoms with E-state index >= 15 is 0 Å². The molecule has 0 radical (unpaired) electrons. The molecule has 0 bridgehead atoms. The summed E-state index contributed by atoms with van der Waals surface area (Å²) < 4.78 is 40.4. The molecule has 1 heterocycles. The number of sulfonamides is 1. The van der Waals surface area contributed by atoms with Crippen LogP contribution in [-0.2, 0) is 14.8 Å². The maximum Gasteiger partial charge on any atom is 0.243 e.